The van der Waals surface area contributed by atoms with E-state index in [1.54, 1.807) is 0 Å². The molecule has 1 atom stereocenters. The van der Waals surface area contributed by atoms with E-state index in [1.165, 1.54) is 0 Å². The number of aromatic hydroxyl groups is 1. The van der Waals surface area contributed by atoms with Crippen LogP contribution >= 0.6 is 0 Å². The van der Waals surface area contributed by atoms with E-state index in [4.69, 9.17) is 5.73 Å². The Hall–Kier alpha value is -1.06. The van der Waals surface area contributed by atoms with Crippen LogP contribution in [0, 0.1) is 6.92 Å². The van der Waals surface area contributed by atoms with Crippen molar-refractivity contribution >= 4 is 0 Å². The number of benzene rings is 1. The van der Waals surface area contributed by atoms with Gasteiger partial charge in [0.05, 0.1) is 6.10 Å². The normalized spacial score (nSPS) is 13.1. The summed E-state index contributed by atoms with van der Waals surface area (Å²) in [5, 5.41) is 20.1. The van der Waals surface area contributed by atoms with Crippen molar-refractivity contribution in [1.29, 1.82) is 0 Å². The highest BCUT2D eigenvalue weighted by atomic mass is 16.3. The molecule has 90 valence electrons. The van der Waals surface area contributed by atoms with E-state index in [0.717, 1.165) is 11.1 Å². The number of phenolic OH excluding ortho intramolecular Hbond substituents is 1. The van der Waals surface area contributed by atoms with E-state index in [2.05, 4.69) is 0 Å². The predicted octanol–water partition coefficient (Wildman–Crippen LogP) is 2.21. The van der Waals surface area contributed by atoms with Gasteiger partial charge in [0, 0.05) is 5.56 Å². The fourth-order valence-corrected chi connectivity index (χ4v) is 1.91. The highest BCUT2D eigenvalue weighted by molar-refractivity contribution is 5.47. The molecular formula is C13H21NO2. The third-order valence-corrected chi connectivity index (χ3v) is 2.86. The SMILES string of the molecule is Cc1ccc(C(C)C)c(O)c1C(O)CCN. The summed E-state index contributed by atoms with van der Waals surface area (Å²) in [6.45, 7) is 6.33. The van der Waals surface area contributed by atoms with Crippen molar-refractivity contribution in [2.75, 3.05) is 6.54 Å². The summed E-state index contributed by atoms with van der Waals surface area (Å²) in [4.78, 5) is 0. The Kier molecular flexibility index (Phi) is 4.33. The molecule has 0 heterocycles. The summed E-state index contributed by atoms with van der Waals surface area (Å²) in [6.07, 6.45) is -0.209. The fraction of sp³-hybridized carbons (Fsp3) is 0.538. The third-order valence-electron chi connectivity index (χ3n) is 2.86. The second-order valence-electron chi connectivity index (χ2n) is 4.48. The molecule has 0 saturated heterocycles. The largest absolute Gasteiger partial charge is 0.507 e. The molecule has 1 rings (SSSR count). The van der Waals surface area contributed by atoms with Gasteiger partial charge in [-0.15, -0.1) is 0 Å². The molecule has 4 N–H and O–H groups in total. The number of phenols is 1. The van der Waals surface area contributed by atoms with Crippen molar-refractivity contribution in [3.63, 3.8) is 0 Å². The second kappa shape index (κ2) is 5.32. The van der Waals surface area contributed by atoms with Gasteiger partial charge in [0.25, 0.3) is 0 Å². The van der Waals surface area contributed by atoms with Crippen molar-refractivity contribution < 1.29 is 10.2 Å². The van der Waals surface area contributed by atoms with Crippen LogP contribution in [0.4, 0.5) is 0 Å². The van der Waals surface area contributed by atoms with Crippen molar-refractivity contribution in [3.8, 4) is 5.75 Å². The molecule has 0 fully saturated rings. The molecule has 3 heteroatoms. The fourth-order valence-electron chi connectivity index (χ4n) is 1.91. The van der Waals surface area contributed by atoms with Crippen molar-refractivity contribution in [3.05, 3.63) is 28.8 Å². The summed E-state index contributed by atoms with van der Waals surface area (Å²) in [7, 11) is 0. The molecule has 0 aliphatic heterocycles. The highest BCUT2D eigenvalue weighted by Crippen LogP contribution is 2.35. The van der Waals surface area contributed by atoms with Crippen LogP contribution in [-0.2, 0) is 0 Å². The lowest BCUT2D eigenvalue weighted by atomic mass is 9.92. The summed E-state index contributed by atoms with van der Waals surface area (Å²) in [6, 6.07) is 3.85. The Morgan fingerprint density at radius 3 is 2.44 bits per heavy atom. The van der Waals surface area contributed by atoms with Crippen molar-refractivity contribution in [2.45, 2.75) is 39.2 Å². The molecule has 0 amide bonds. The highest BCUT2D eigenvalue weighted by Gasteiger charge is 2.18. The number of hydrogen-bond donors (Lipinski definition) is 3. The summed E-state index contributed by atoms with van der Waals surface area (Å²) >= 11 is 0. The molecule has 1 unspecified atom stereocenters. The minimum Gasteiger partial charge on any atom is -0.507 e. The van der Waals surface area contributed by atoms with E-state index in [0.29, 0.717) is 18.5 Å². The quantitative estimate of drug-likeness (QED) is 0.733. The Labute approximate surface area is 96.9 Å². The summed E-state index contributed by atoms with van der Waals surface area (Å²) < 4.78 is 0. The van der Waals surface area contributed by atoms with Gasteiger partial charge in [0.15, 0.2) is 0 Å². The van der Waals surface area contributed by atoms with Crippen LogP contribution in [0.25, 0.3) is 0 Å². The van der Waals surface area contributed by atoms with Crippen LogP contribution in [0.5, 0.6) is 5.75 Å². The molecule has 0 aliphatic rings. The average molecular weight is 223 g/mol. The van der Waals surface area contributed by atoms with Gasteiger partial charge in [-0.1, -0.05) is 26.0 Å². The van der Waals surface area contributed by atoms with Crippen LogP contribution in [0.15, 0.2) is 12.1 Å². The smallest absolute Gasteiger partial charge is 0.125 e. The zero-order valence-electron chi connectivity index (χ0n) is 10.2. The molecule has 1 aromatic rings. The molecule has 0 aromatic heterocycles. The molecular weight excluding hydrogens is 202 g/mol. The number of aliphatic hydroxyl groups is 1. The second-order valence-corrected chi connectivity index (χ2v) is 4.48. The first-order valence-corrected chi connectivity index (χ1v) is 5.69. The Morgan fingerprint density at radius 2 is 1.94 bits per heavy atom. The predicted molar refractivity (Wildman–Crippen MR) is 65.6 cm³/mol. The summed E-state index contributed by atoms with van der Waals surface area (Å²) in [5.74, 6) is 0.459. The van der Waals surface area contributed by atoms with Crippen LogP contribution in [0.3, 0.4) is 0 Å². The molecule has 0 aliphatic carbocycles. The van der Waals surface area contributed by atoms with E-state index in [9.17, 15) is 10.2 Å². The van der Waals surface area contributed by atoms with Gasteiger partial charge in [-0.05, 0) is 36.9 Å². The first-order chi connectivity index (χ1) is 7.49. The van der Waals surface area contributed by atoms with E-state index >= 15 is 0 Å². The Balaban J connectivity index is 3.20. The standard InChI is InChI=1S/C13H21NO2/c1-8(2)10-5-4-9(3)12(13(10)16)11(15)6-7-14/h4-5,8,11,15-16H,6-7,14H2,1-3H3. The molecule has 0 saturated carbocycles. The third kappa shape index (κ3) is 2.54. The first-order valence-electron chi connectivity index (χ1n) is 5.69. The van der Waals surface area contributed by atoms with Gasteiger partial charge in [0.1, 0.15) is 5.75 Å². The molecule has 16 heavy (non-hydrogen) atoms. The van der Waals surface area contributed by atoms with Gasteiger partial charge in [-0.3, -0.25) is 0 Å². The minimum absolute atomic E-state index is 0.218. The number of aliphatic hydroxyl groups excluding tert-OH is 1. The number of nitrogens with two attached hydrogens (primary N) is 1. The van der Waals surface area contributed by atoms with E-state index in [1.807, 2.05) is 32.9 Å². The maximum atomic E-state index is 10.1. The first kappa shape index (κ1) is 13.0. The maximum Gasteiger partial charge on any atom is 0.125 e. The lowest BCUT2D eigenvalue weighted by molar-refractivity contribution is 0.165. The van der Waals surface area contributed by atoms with Crippen LogP contribution in [0.1, 0.15) is 49.0 Å². The van der Waals surface area contributed by atoms with Crippen molar-refractivity contribution in [2.24, 2.45) is 5.73 Å². The molecule has 1 aromatic carbocycles. The van der Waals surface area contributed by atoms with Crippen LogP contribution in [-0.4, -0.2) is 16.8 Å². The number of rotatable bonds is 4. The van der Waals surface area contributed by atoms with Gasteiger partial charge in [0.2, 0.25) is 0 Å². The zero-order valence-corrected chi connectivity index (χ0v) is 10.2. The Morgan fingerprint density at radius 1 is 1.31 bits per heavy atom. The molecule has 0 radical (unpaired) electrons. The maximum absolute atomic E-state index is 10.1. The van der Waals surface area contributed by atoms with Crippen molar-refractivity contribution in [1.82, 2.24) is 0 Å². The van der Waals surface area contributed by atoms with E-state index < -0.39 is 6.10 Å². The molecule has 0 spiro atoms. The monoisotopic (exact) mass is 223 g/mol. The average Bonchev–Trinajstić information content (AvgIpc) is 2.17. The van der Waals surface area contributed by atoms with Gasteiger partial charge in [-0.25, -0.2) is 0 Å². The summed E-state index contributed by atoms with van der Waals surface area (Å²) in [5.41, 5.74) is 7.82. The molecule has 0 bridgehead atoms. The number of aryl methyl sites for hydroxylation is 1. The lowest BCUT2D eigenvalue weighted by Crippen LogP contribution is -2.09. The lowest BCUT2D eigenvalue weighted by Gasteiger charge is -2.18. The van der Waals surface area contributed by atoms with Gasteiger partial charge >= 0.3 is 0 Å². The minimum atomic E-state index is -0.677. The zero-order chi connectivity index (χ0) is 12.3. The van der Waals surface area contributed by atoms with E-state index in [-0.39, 0.29) is 11.7 Å². The van der Waals surface area contributed by atoms with Gasteiger partial charge in [-0.2, -0.15) is 0 Å². The van der Waals surface area contributed by atoms with Crippen LogP contribution in [0.2, 0.25) is 0 Å². The number of hydrogen-bond acceptors (Lipinski definition) is 3. The van der Waals surface area contributed by atoms with Crippen LogP contribution < -0.4 is 5.73 Å². The van der Waals surface area contributed by atoms with Gasteiger partial charge < -0.3 is 15.9 Å². The molecule has 3 nitrogen and oxygen atoms in total. The Bertz CT molecular complexity index is 361. The topological polar surface area (TPSA) is 66.5 Å².